The summed E-state index contributed by atoms with van der Waals surface area (Å²) in [5, 5.41) is 0. The summed E-state index contributed by atoms with van der Waals surface area (Å²) < 4.78 is 11.6. The first-order chi connectivity index (χ1) is 13.7. The van der Waals surface area contributed by atoms with Gasteiger partial charge >= 0.3 is 6.09 Å². The average Bonchev–Trinajstić information content (AvgIpc) is 3.04. The molecule has 1 aliphatic carbocycles. The normalized spacial score (nSPS) is 29.6. The van der Waals surface area contributed by atoms with E-state index in [1.165, 1.54) is 44.9 Å². The Hall–Kier alpha value is -0.850. The van der Waals surface area contributed by atoms with Crippen LogP contribution in [0.15, 0.2) is 0 Å². The van der Waals surface area contributed by atoms with Crippen molar-refractivity contribution in [3.63, 3.8) is 0 Å². The van der Waals surface area contributed by atoms with Crippen molar-refractivity contribution in [1.82, 2.24) is 14.7 Å². The molecule has 0 aromatic rings. The van der Waals surface area contributed by atoms with E-state index in [4.69, 9.17) is 9.47 Å². The molecular formula is C22H39N3O3. The van der Waals surface area contributed by atoms with Crippen LogP contribution in [0.4, 0.5) is 4.79 Å². The van der Waals surface area contributed by atoms with Crippen molar-refractivity contribution >= 4 is 6.09 Å². The van der Waals surface area contributed by atoms with E-state index in [1.807, 2.05) is 4.90 Å². The van der Waals surface area contributed by atoms with Crippen LogP contribution in [0.5, 0.6) is 0 Å². The van der Waals surface area contributed by atoms with Crippen molar-refractivity contribution in [3.8, 4) is 0 Å². The molecule has 6 nitrogen and oxygen atoms in total. The molecule has 0 N–H and O–H groups in total. The molecule has 4 aliphatic rings. The quantitative estimate of drug-likeness (QED) is 0.694. The van der Waals surface area contributed by atoms with Gasteiger partial charge in [-0.1, -0.05) is 19.3 Å². The molecule has 3 saturated heterocycles. The predicted molar refractivity (Wildman–Crippen MR) is 110 cm³/mol. The fourth-order valence-corrected chi connectivity index (χ4v) is 5.65. The zero-order chi connectivity index (χ0) is 19.4. The van der Waals surface area contributed by atoms with E-state index in [0.29, 0.717) is 6.04 Å². The third-order valence-corrected chi connectivity index (χ3v) is 7.54. The minimum atomic E-state index is -0.238. The first kappa shape index (κ1) is 20.4. The maximum atomic E-state index is 12.5. The number of rotatable bonds is 6. The molecule has 1 amide bonds. The number of carbonyl (C=O) groups is 1. The SMILES string of the molecule is CN(CCCN1CC2(CCN([C@H]3CCCOC3)CC2)OC1=O)C1CCCCC1. The van der Waals surface area contributed by atoms with Gasteiger partial charge in [0, 0.05) is 51.2 Å². The molecule has 3 heterocycles. The fourth-order valence-electron chi connectivity index (χ4n) is 5.65. The van der Waals surface area contributed by atoms with Crippen LogP contribution >= 0.6 is 0 Å². The number of ether oxygens (including phenoxy) is 2. The van der Waals surface area contributed by atoms with Crippen molar-refractivity contribution < 1.29 is 14.3 Å². The van der Waals surface area contributed by atoms with E-state index in [9.17, 15) is 4.79 Å². The summed E-state index contributed by atoms with van der Waals surface area (Å²) in [5.74, 6) is 0. The van der Waals surface area contributed by atoms with Gasteiger partial charge in [-0.3, -0.25) is 4.90 Å². The number of carbonyl (C=O) groups excluding carboxylic acids is 1. The Bertz CT molecular complexity index is 509. The Balaban J connectivity index is 1.19. The van der Waals surface area contributed by atoms with Crippen LogP contribution in [0.2, 0.25) is 0 Å². The molecule has 3 aliphatic heterocycles. The molecule has 0 radical (unpaired) electrons. The van der Waals surface area contributed by atoms with Gasteiger partial charge in [0.15, 0.2) is 0 Å². The van der Waals surface area contributed by atoms with E-state index in [0.717, 1.165) is 71.2 Å². The molecular weight excluding hydrogens is 354 g/mol. The lowest BCUT2D eigenvalue weighted by Gasteiger charge is -2.42. The maximum Gasteiger partial charge on any atom is 0.410 e. The number of likely N-dealkylation sites (tertiary alicyclic amines) is 1. The van der Waals surface area contributed by atoms with Gasteiger partial charge in [0.25, 0.3) is 0 Å². The van der Waals surface area contributed by atoms with Crippen molar-refractivity contribution in [1.29, 1.82) is 0 Å². The van der Waals surface area contributed by atoms with Crippen molar-refractivity contribution in [3.05, 3.63) is 0 Å². The zero-order valence-corrected chi connectivity index (χ0v) is 17.7. The molecule has 0 unspecified atom stereocenters. The monoisotopic (exact) mass is 393 g/mol. The Labute approximate surface area is 170 Å². The third kappa shape index (κ3) is 4.82. The van der Waals surface area contributed by atoms with Crippen molar-refractivity contribution in [2.45, 2.75) is 81.9 Å². The molecule has 4 fully saturated rings. The summed E-state index contributed by atoms with van der Waals surface area (Å²) in [4.78, 5) is 19.5. The second-order valence-corrected chi connectivity index (χ2v) is 9.51. The molecule has 28 heavy (non-hydrogen) atoms. The molecule has 0 bridgehead atoms. The highest BCUT2D eigenvalue weighted by Gasteiger charge is 2.47. The second-order valence-electron chi connectivity index (χ2n) is 9.51. The second kappa shape index (κ2) is 9.31. The highest BCUT2D eigenvalue weighted by atomic mass is 16.6. The van der Waals surface area contributed by atoms with Crippen LogP contribution in [0.1, 0.15) is 64.2 Å². The number of nitrogens with zero attached hydrogens (tertiary/aromatic N) is 3. The minimum absolute atomic E-state index is 0.0882. The van der Waals surface area contributed by atoms with Crippen molar-refractivity contribution in [2.75, 3.05) is 53.0 Å². The van der Waals surface area contributed by atoms with Crippen LogP contribution in [0.3, 0.4) is 0 Å². The lowest BCUT2D eigenvalue weighted by molar-refractivity contribution is -0.0389. The van der Waals surface area contributed by atoms with Gasteiger partial charge in [-0.2, -0.15) is 0 Å². The first-order valence-electron chi connectivity index (χ1n) is 11.7. The number of piperidine rings is 1. The summed E-state index contributed by atoms with van der Waals surface area (Å²) in [6, 6.07) is 1.31. The van der Waals surface area contributed by atoms with Crippen molar-refractivity contribution in [2.24, 2.45) is 0 Å². The van der Waals surface area contributed by atoms with Crippen LogP contribution in [0, 0.1) is 0 Å². The predicted octanol–water partition coefficient (Wildman–Crippen LogP) is 3.11. The van der Waals surface area contributed by atoms with E-state index >= 15 is 0 Å². The van der Waals surface area contributed by atoms with Gasteiger partial charge in [0.05, 0.1) is 13.2 Å². The van der Waals surface area contributed by atoms with Crippen LogP contribution in [-0.4, -0.2) is 91.5 Å². The van der Waals surface area contributed by atoms with E-state index in [-0.39, 0.29) is 11.7 Å². The van der Waals surface area contributed by atoms with E-state index in [1.54, 1.807) is 0 Å². The lowest BCUT2D eigenvalue weighted by Crippen LogP contribution is -2.52. The zero-order valence-electron chi connectivity index (χ0n) is 17.7. The third-order valence-electron chi connectivity index (χ3n) is 7.54. The maximum absolute atomic E-state index is 12.5. The van der Waals surface area contributed by atoms with Gasteiger partial charge < -0.3 is 19.3 Å². The number of hydrogen-bond acceptors (Lipinski definition) is 5. The summed E-state index contributed by atoms with van der Waals surface area (Å²) in [6.45, 7) is 6.53. The highest BCUT2D eigenvalue weighted by Crippen LogP contribution is 2.34. The smallest absolute Gasteiger partial charge is 0.410 e. The molecule has 1 spiro atoms. The Morgan fingerprint density at radius 3 is 2.61 bits per heavy atom. The molecule has 160 valence electrons. The summed E-state index contributed by atoms with van der Waals surface area (Å²) in [5.41, 5.74) is -0.238. The molecule has 1 atom stereocenters. The average molecular weight is 394 g/mol. The van der Waals surface area contributed by atoms with Gasteiger partial charge in [-0.25, -0.2) is 4.79 Å². The molecule has 6 heteroatoms. The van der Waals surface area contributed by atoms with Gasteiger partial charge in [-0.05, 0) is 45.7 Å². The van der Waals surface area contributed by atoms with Gasteiger partial charge in [0.2, 0.25) is 0 Å². The molecule has 0 aromatic heterocycles. The molecule has 0 aromatic carbocycles. The number of amides is 1. The van der Waals surface area contributed by atoms with E-state index < -0.39 is 0 Å². The standard InChI is InChI=1S/C22H39N3O3/c1-23(19-7-3-2-4-8-19)12-6-13-25-18-22(28-21(25)26)10-14-24(15-11-22)20-9-5-16-27-17-20/h19-20H,2-18H2,1H3/t20-/m0/s1. The van der Waals surface area contributed by atoms with Crippen LogP contribution in [0.25, 0.3) is 0 Å². The van der Waals surface area contributed by atoms with Gasteiger partial charge in [-0.15, -0.1) is 0 Å². The first-order valence-corrected chi connectivity index (χ1v) is 11.7. The summed E-state index contributed by atoms with van der Waals surface area (Å²) >= 11 is 0. The summed E-state index contributed by atoms with van der Waals surface area (Å²) in [7, 11) is 2.25. The molecule has 1 saturated carbocycles. The Morgan fingerprint density at radius 2 is 1.89 bits per heavy atom. The molecule has 4 rings (SSSR count). The van der Waals surface area contributed by atoms with Gasteiger partial charge in [0.1, 0.15) is 5.60 Å². The fraction of sp³-hybridized carbons (Fsp3) is 0.955. The summed E-state index contributed by atoms with van der Waals surface area (Å²) in [6.07, 6.45) is 12.1. The lowest BCUT2D eigenvalue weighted by atomic mass is 9.90. The van der Waals surface area contributed by atoms with E-state index in [2.05, 4.69) is 16.8 Å². The Morgan fingerprint density at radius 1 is 1.11 bits per heavy atom. The minimum Gasteiger partial charge on any atom is -0.441 e. The number of hydrogen-bond donors (Lipinski definition) is 0. The largest absolute Gasteiger partial charge is 0.441 e. The highest BCUT2D eigenvalue weighted by molar-refractivity contribution is 5.70. The van der Waals surface area contributed by atoms with Crippen LogP contribution < -0.4 is 0 Å². The van der Waals surface area contributed by atoms with Crippen LogP contribution in [-0.2, 0) is 9.47 Å². The Kier molecular flexibility index (Phi) is 6.79. The topological polar surface area (TPSA) is 45.2 Å².